The first kappa shape index (κ1) is 14.5. The summed E-state index contributed by atoms with van der Waals surface area (Å²) in [5.41, 5.74) is 9.00. The number of ether oxygens (including phenoxy) is 1. The van der Waals surface area contributed by atoms with Gasteiger partial charge in [-0.25, -0.2) is 4.79 Å². The van der Waals surface area contributed by atoms with Crippen LogP contribution >= 0.6 is 0 Å². The van der Waals surface area contributed by atoms with Gasteiger partial charge in [0.25, 0.3) is 0 Å². The van der Waals surface area contributed by atoms with E-state index in [1.807, 2.05) is 0 Å². The van der Waals surface area contributed by atoms with Crippen molar-refractivity contribution in [2.24, 2.45) is 5.73 Å². The molecule has 0 aromatic carbocycles. The fourth-order valence-electron chi connectivity index (χ4n) is 2.19. The molecule has 2 rings (SSSR count). The number of aliphatic hydroxyl groups is 2. The zero-order valence-electron chi connectivity index (χ0n) is 10.8. The molecule has 0 saturated carbocycles. The Balaban J connectivity index is 2.50. The summed E-state index contributed by atoms with van der Waals surface area (Å²) in [5, 5.41) is 19.7. The van der Waals surface area contributed by atoms with Crippen molar-refractivity contribution in [1.82, 2.24) is 9.55 Å². The molecule has 1 saturated heterocycles. The number of hydrogen-bond acceptors (Lipinski definition) is 7. The summed E-state index contributed by atoms with van der Waals surface area (Å²) in [4.78, 5) is 15.4. The van der Waals surface area contributed by atoms with Crippen molar-refractivity contribution >= 4 is 5.82 Å². The number of aromatic nitrogens is 2. The summed E-state index contributed by atoms with van der Waals surface area (Å²) < 4.78 is 6.51. The van der Waals surface area contributed by atoms with Crippen LogP contribution in [0.3, 0.4) is 0 Å². The third-order valence-corrected chi connectivity index (χ3v) is 3.32. The first-order valence-electron chi connectivity index (χ1n) is 5.94. The standard InChI is InChI=1S/C12H16N4O4/c1-3-12(14)9(18)8(6(2)17)20-10(12)16-5-4-7(13)15-11(16)19/h1,4-6,8-10,17-18H,14H2,2H3,(H2,13,15,19)/t6-,8-,9?,10-,12?/m1/s1. The van der Waals surface area contributed by atoms with Crippen molar-refractivity contribution in [3.63, 3.8) is 0 Å². The van der Waals surface area contributed by atoms with Gasteiger partial charge < -0.3 is 26.4 Å². The fourth-order valence-corrected chi connectivity index (χ4v) is 2.19. The monoisotopic (exact) mass is 280 g/mol. The number of aliphatic hydroxyl groups excluding tert-OH is 2. The van der Waals surface area contributed by atoms with Gasteiger partial charge >= 0.3 is 5.69 Å². The van der Waals surface area contributed by atoms with Gasteiger partial charge in [-0.05, 0) is 13.0 Å². The summed E-state index contributed by atoms with van der Waals surface area (Å²) in [6.45, 7) is 1.43. The summed E-state index contributed by atoms with van der Waals surface area (Å²) in [6, 6.07) is 1.38. The largest absolute Gasteiger partial charge is 0.391 e. The van der Waals surface area contributed by atoms with Gasteiger partial charge in [0.15, 0.2) is 11.8 Å². The SMILES string of the molecule is C#CC1(N)C(O)[C@@H]([C@@H](C)O)O[C@H]1n1ccc(N)nc1=O. The molecule has 2 unspecified atom stereocenters. The summed E-state index contributed by atoms with van der Waals surface area (Å²) in [5.74, 6) is 2.28. The molecular weight excluding hydrogens is 264 g/mol. The maximum Gasteiger partial charge on any atom is 0.351 e. The number of nitrogens with two attached hydrogens (primary N) is 2. The zero-order valence-corrected chi connectivity index (χ0v) is 10.8. The maximum atomic E-state index is 11.8. The van der Waals surface area contributed by atoms with E-state index in [-0.39, 0.29) is 5.82 Å². The zero-order chi connectivity index (χ0) is 15.1. The quantitative estimate of drug-likeness (QED) is 0.451. The molecule has 0 spiro atoms. The Morgan fingerprint density at radius 1 is 1.70 bits per heavy atom. The van der Waals surface area contributed by atoms with Gasteiger partial charge in [0.05, 0.1) is 6.10 Å². The van der Waals surface area contributed by atoms with E-state index in [9.17, 15) is 15.0 Å². The Morgan fingerprint density at radius 3 is 2.85 bits per heavy atom. The van der Waals surface area contributed by atoms with Crippen molar-refractivity contribution in [3.8, 4) is 12.3 Å². The molecule has 1 aliphatic heterocycles. The lowest BCUT2D eigenvalue weighted by Crippen LogP contribution is -2.55. The highest BCUT2D eigenvalue weighted by Crippen LogP contribution is 2.36. The van der Waals surface area contributed by atoms with Crippen molar-refractivity contribution in [2.45, 2.75) is 37.0 Å². The van der Waals surface area contributed by atoms with Crippen LogP contribution in [0.1, 0.15) is 13.2 Å². The molecule has 8 nitrogen and oxygen atoms in total. The number of anilines is 1. The highest BCUT2D eigenvalue weighted by atomic mass is 16.5. The van der Waals surface area contributed by atoms with E-state index in [1.165, 1.54) is 19.2 Å². The van der Waals surface area contributed by atoms with E-state index >= 15 is 0 Å². The molecule has 0 radical (unpaired) electrons. The van der Waals surface area contributed by atoms with Gasteiger partial charge in [0.1, 0.15) is 18.0 Å². The van der Waals surface area contributed by atoms with Gasteiger partial charge in [-0.15, -0.1) is 6.42 Å². The molecule has 0 aliphatic carbocycles. The molecule has 1 aliphatic rings. The van der Waals surface area contributed by atoms with E-state index in [0.717, 1.165) is 4.57 Å². The fraction of sp³-hybridized carbons (Fsp3) is 0.500. The predicted molar refractivity (Wildman–Crippen MR) is 70.3 cm³/mol. The average Bonchev–Trinajstić information content (AvgIpc) is 2.64. The molecule has 1 fully saturated rings. The topological polar surface area (TPSA) is 137 Å². The van der Waals surface area contributed by atoms with E-state index in [2.05, 4.69) is 10.9 Å². The first-order valence-corrected chi connectivity index (χ1v) is 5.94. The van der Waals surface area contributed by atoms with Crippen LogP contribution in [0.2, 0.25) is 0 Å². The second-order valence-corrected chi connectivity index (χ2v) is 4.76. The smallest absolute Gasteiger partial charge is 0.351 e. The lowest BCUT2D eigenvalue weighted by molar-refractivity contribution is -0.0778. The van der Waals surface area contributed by atoms with Crippen LogP contribution in [-0.2, 0) is 4.74 Å². The molecule has 2 heterocycles. The van der Waals surface area contributed by atoms with Crippen molar-refractivity contribution < 1.29 is 14.9 Å². The van der Waals surface area contributed by atoms with E-state index < -0.39 is 35.8 Å². The Hall–Kier alpha value is -1.92. The maximum absolute atomic E-state index is 11.8. The second kappa shape index (κ2) is 4.88. The third kappa shape index (κ3) is 2.07. The number of nitrogen functional groups attached to an aromatic ring is 1. The second-order valence-electron chi connectivity index (χ2n) is 4.76. The van der Waals surface area contributed by atoms with Crippen LogP contribution in [0.25, 0.3) is 0 Å². The van der Waals surface area contributed by atoms with Crippen LogP contribution < -0.4 is 17.2 Å². The normalized spacial score (nSPS) is 34.6. The molecular formula is C12H16N4O4. The molecule has 5 atom stereocenters. The van der Waals surface area contributed by atoms with Gasteiger partial charge in [0.2, 0.25) is 0 Å². The van der Waals surface area contributed by atoms with Crippen LogP contribution in [-0.4, -0.2) is 43.6 Å². The molecule has 8 heteroatoms. The molecule has 20 heavy (non-hydrogen) atoms. The van der Waals surface area contributed by atoms with Gasteiger partial charge in [-0.3, -0.25) is 4.57 Å². The Kier molecular flexibility index (Phi) is 3.54. The molecule has 0 bridgehead atoms. The molecule has 108 valence electrons. The average molecular weight is 280 g/mol. The highest BCUT2D eigenvalue weighted by Gasteiger charge is 2.55. The lowest BCUT2D eigenvalue weighted by atomic mass is 9.90. The van der Waals surface area contributed by atoms with E-state index in [0.29, 0.717) is 0 Å². The lowest BCUT2D eigenvalue weighted by Gasteiger charge is -2.27. The van der Waals surface area contributed by atoms with Crippen molar-refractivity contribution in [2.75, 3.05) is 5.73 Å². The van der Waals surface area contributed by atoms with Gasteiger partial charge in [-0.2, -0.15) is 4.98 Å². The summed E-state index contributed by atoms with van der Waals surface area (Å²) in [7, 11) is 0. The van der Waals surface area contributed by atoms with Crippen LogP contribution in [0.4, 0.5) is 5.82 Å². The van der Waals surface area contributed by atoms with E-state index in [4.69, 9.17) is 22.6 Å². The Bertz CT molecular complexity index is 608. The Morgan fingerprint density at radius 2 is 2.35 bits per heavy atom. The minimum absolute atomic E-state index is 0.0419. The molecule has 1 aromatic heterocycles. The number of hydrogen-bond donors (Lipinski definition) is 4. The highest BCUT2D eigenvalue weighted by molar-refractivity contribution is 5.26. The molecule has 1 aromatic rings. The number of terminal acetylenes is 1. The number of rotatable bonds is 2. The summed E-state index contributed by atoms with van der Waals surface area (Å²) in [6.07, 6.45) is 2.20. The van der Waals surface area contributed by atoms with Gasteiger partial charge in [-0.1, -0.05) is 5.92 Å². The molecule has 6 N–H and O–H groups in total. The third-order valence-electron chi connectivity index (χ3n) is 3.32. The minimum atomic E-state index is -1.66. The Labute approximate surface area is 115 Å². The van der Waals surface area contributed by atoms with Crippen LogP contribution in [0.5, 0.6) is 0 Å². The minimum Gasteiger partial charge on any atom is -0.391 e. The van der Waals surface area contributed by atoms with Crippen LogP contribution in [0, 0.1) is 12.3 Å². The molecule has 0 amide bonds. The summed E-state index contributed by atoms with van der Waals surface area (Å²) >= 11 is 0. The van der Waals surface area contributed by atoms with Gasteiger partial charge in [0, 0.05) is 6.20 Å². The number of nitrogens with zero attached hydrogens (tertiary/aromatic N) is 2. The first-order chi connectivity index (χ1) is 9.31. The van der Waals surface area contributed by atoms with Crippen molar-refractivity contribution in [3.05, 3.63) is 22.7 Å². The van der Waals surface area contributed by atoms with Crippen molar-refractivity contribution in [1.29, 1.82) is 0 Å². The predicted octanol–water partition coefficient (Wildman–Crippen LogP) is -2.20. The van der Waals surface area contributed by atoms with E-state index in [1.54, 1.807) is 0 Å². The van der Waals surface area contributed by atoms with Crippen LogP contribution in [0.15, 0.2) is 17.1 Å².